The summed E-state index contributed by atoms with van der Waals surface area (Å²) < 4.78 is 0. The molecule has 164 valence electrons. The third kappa shape index (κ3) is 3.98. The van der Waals surface area contributed by atoms with E-state index in [1.54, 1.807) is 16.8 Å². The minimum absolute atomic E-state index is 0.00655. The van der Waals surface area contributed by atoms with E-state index in [0.29, 0.717) is 12.4 Å². The van der Waals surface area contributed by atoms with Crippen LogP contribution in [-0.2, 0) is 0 Å². The lowest BCUT2D eigenvalue weighted by molar-refractivity contribution is 0.163. The Morgan fingerprint density at radius 3 is 2.00 bits per heavy atom. The molecule has 0 aliphatic carbocycles. The summed E-state index contributed by atoms with van der Waals surface area (Å²) in [6.07, 6.45) is 0.797. The molecule has 8 nitrogen and oxygen atoms in total. The smallest absolute Gasteiger partial charge is 0.312 e. The molecule has 2 aliphatic rings. The number of rotatable bonds is 7. The van der Waals surface area contributed by atoms with Crippen LogP contribution in [0.25, 0.3) is 0 Å². The summed E-state index contributed by atoms with van der Waals surface area (Å²) in [7, 11) is 1.66. The number of likely N-dealkylation sites (N-methyl/N-ethyl adjacent to an activating group) is 1. The monoisotopic (exact) mass is 406 g/mol. The first-order valence-electron chi connectivity index (χ1n) is 10.8. The van der Waals surface area contributed by atoms with E-state index in [9.17, 15) is 9.59 Å². The van der Waals surface area contributed by atoms with Gasteiger partial charge in [0.15, 0.2) is 0 Å². The van der Waals surface area contributed by atoms with Gasteiger partial charge in [-0.25, -0.2) is 9.59 Å². The molecule has 3 atom stereocenters. The van der Waals surface area contributed by atoms with Crippen molar-refractivity contribution in [2.24, 2.45) is 10.9 Å². The van der Waals surface area contributed by atoms with E-state index in [2.05, 4.69) is 6.92 Å². The Hall–Kier alpha value is -2.12. The summed E-state index contributed by atoms with van der Waals surface area (Å²) in [5.41, 5.74) is 0. The maximum Gasteiger partial charge on any atom is 0.326 e. The first-order valence-corrected chi connectivity index (χ1v) is 10.8. The Bertz CT molecular complexity index is 687. The van der Waals surface area contributed by atoms with Crippen LogP contribution < -0.4 is 0 Å². The van der Waals surface area contributed by atoms with Crippen LogP contribution in [-0.4, -0.2) is 87.1 Å². The first-order chi connectivity index (χ1) is 13.4. The number of nitrogens with zero attached hydrogens (tertiary/aromatic N) is 5. The number of amidine groups is 2. The Balaban J connectivity index is 2.33. The minimum Gasteiger partial charge on any atom is -0.312 e. The number of aliphatic imine (C=N–C) groups is 1. The summed E-state index contributed by atoms with van der Waals surface area (Å²) in [5.74, 6) is 1.28. The number of carbonyl (C=O) groups excluding carboxylic acids is 2. The van der Waals surface area contributed by atoms with Crippen molar-refractivity contribution in [3.05, 3.63) is 0 Å². The number of hydrogen-bond donors (Lipinski definition) is 1. The average Bonchev–Trinajstić information content (AvgIpc) is 3.04. The zero-order valence-electron chi connectivity index (χ0n) is 19.4. The zero-order valence-corrected chi connectivity index (χ0v) is 19.4. The SMILES string of the molecule is CCC1C(=NCC(C)N2C(=O)N(C)C(=N)C2C(C)C)N(C(C)C)C(=O)N1C(C)C. The largest absolute Gasteiger partial charge is 0.326 e. The van der Waals surface area contributed by atoms with Crippen LogP contribution in [0, 0.1) is 11.3 Å². The fourth-order valence-corrected chi connectivity index (χ4v) is 4.41. The van der Waals surface area contributed by atoms with E-state index in [-0.39, 0.29) is 48.2 Å². The molecule has 0 radical (unpaired) electrons. The molecule has 1 N–H and O–H groups in total. The molecule has 3 unspecified atom stereocenters. The summed E-state index contributed by atoms with van der Waals surface area (Å²) in [6.45, 7) is 16.6. The lowest BCUT2D eigenvalue weighted by atomic mass is 10.0. The molecule has 0 aromatic rings. The van der Waals surface area contributed by atoms with Gasteiger partial charge >= 0.3 is 12.1 Å². The molecule has 2 aliphatic heterocycles. The van der Waals surface area contributed by atoms with Gasteiger partial charge in [-0.2, -0.15) is 0 Å². The van der Waals surface area contributed by atoms with E-state index < -0.39 is 0 Å². The van der Waals surface area contributed by atoms with E-state index in [1.807, 2.05) is 53.4 Å². The summed E-state index contributed by atoms with van der Waals surface area (Å²) in [5, 5.41) is 8.31. The lowest BCUT2D eigenvalue weighted by Crippen LogP contribution is -2.46. The molecule has 0 aromatic carbocycles. The van der Waals surface area contributed by atoms with Crippen LogP contribution in [0.5, 0.6) is 0 Å². The summed E-state index contributed by atoms with van der Waals surface area (Å²) in [4.78, 5) is 37.5. The van der Waals surface area contributed by atoms with Crippen molar-refractivity contribution in [3.63, 3.8) is 0 Å². The predicted molar refractivity (Wildman–Crippen MR) is 117 cm³/mol. The molecule has 0 aromatic heterocycles. The second kappa shape index (κ2) is 8.71. The van der Waals surface area contributed by atoms with E-state index in [1.165, 1.54) is 4.90 Å². The normalized spacial score (nSPS) is 25.8. The molecular weight excluding hydrogens is 368 g/mol. The van der Waals surface area contributed by atoms with Crippen molar-refractivity contribution in [2.45, 2.75) is 92.0 Å². The quantitative estimate of drug-likeness (QED) is 0.702. The van der Waals surface area contributed by atoms with Crippen molar-refractivity contribution >= 4 is 23.7 Å². The van der Waals surface area contributed by atoms with Gasteiger partial charge in [-0.15, -0.1) is 0 Å². The number of nitrogens with one attached hydrogen (secondary N) is 1. The number of hydrogen-bond acceptors (Lipinski definition) is 4. The number of urea groups is 2. The zero-order chi connectivity index (χ0) is 22.2. The molecule has 2 heterocycles. The molecule has 2 saturated heterocycles. The van der Waals surface area contributed by atoms with E-state index >= 15 is 0 Å². The van der Waals surface area contributed by atoms with Crippen LogP contribution >= 0.6 is 0 Å². The van der Waals surface area contributed by atoms with Gasteiger partial charge in [0, 0.05) is 19.1 Å². The van der Waals surface area contributed by atoms with Crippen LogP contribution in [0.15, 0.2) is 4.99 Å². The van der Waals surface area contributed by atoms with Crippen molar-refractivity contribution in [1.29, 1.82) is 5.41 Å². The Morgan fingerprint density at radius 1 is 0.966 bits per heavy atom. The van der Waals surface area contributed by atoms with Crippen molar-refractivity contribution < 1.29 is 9.59 Å². The average molecular weight is 407 g/mol. The Labute approximate surface area is 175 Å². The molecule has 29 heavy (non-hydrogen) atoms. The Kier molecular flexibility index (Phi) is 6.96. The van der Waals surface area contributed by atoms with E-state index in [4.69, 9.17) is 10.4 Å². The fraction of sp³-hybridized carbons (Fsp3) is 0.810. The van der Waals surface area contributed by atoms with Gasteiger partial charge in [-0.3, -0.25) is 20.2 Å². The number of carbonyl (C=O) groups is 2. The molecule has 0 spiro atoms. The van der Waals surface area contributed by atoms with Gasteiger partial charge in [0.2, 0.25) is 0 Å². The fourth-order valence-electron chi connectivity index (χ4n) is 4.41. The predicted octanol–water partition coefficient (Wildman–Crippen LogP) is 3.48. The van der Waals surface area contributed by atoms with Gasteiger partial charge in [0.25, 0.3) is 0 Å². The third-order valence-electron chi connectivity index (χ3n) is 5.84. The molecule has 8 heteroatoms. The highest BCUT2D eigenvalue weighted by Crippen LogP contribution is 2.28. The standard InChI is InChI=1S/C21H38N6O2/c1-10-16-19(26(14(6)7)21(29)25(16)13(4)5)23-11-15(8)27-17(12(2)3)18(22)24(9)20(27)28/h12-17,22H,10-11H2,1-9H3. The third-order valence-corrected chi connectivity index (χ3v) is 5.84. The second-order valence-corrected chi connectivity index (χ2v) is 9.04. The lowest BCUT2D eigenvalue weighted by Gasteiger charge is -2.31. The molecular formula is C21H38N6O2. The first kappa shape index (κ1) is 23.2. The van der Waals surface area contributed by atoms with Crippen molar-refractivity contribution in [3.8, 4) is 0 Å². The molecule has 0 bridgehead atoms. The maximum absolute atomic E-state index is 13.0. The van der Waals surface area contributed by atoms with Crippen LogP contribution in [0.1, 0.15) is 61.8 Å². The highest BCUT2D eigenvalue weighted by Gasteiger charge is 2.46. The highest BCUT2D eigenvalue weighted by atomic mass is 16.2. The molecule has 4 amide bonds. The Morgan fingerprint density at radius 2 is 1.55 bits per heavy atom. The van der Waals surface area contributed by atoms with Gasteiger partial charge in [-0.1, -0.05) is 20.8 Å². The second-order valence-electron chi connectivity index (χ2n) is 9.04. The summed E-state index contributed by atoms with van der Waals surface area (Å²) in [6, 6.07) is -0.490. The van der Waals surface area contributed by atoms with Crippen molar-refractivity contribution in [2.75, 3.05) is 13.6 Å². The van der Waals surface area contributed by atoms with Gasteiger partial charge in [-0.05, 0) is 47.0 Å². The van der Waals surface area contributed by atoms with Crippen LogP contribution in [0.4, 0.5) is 9.59 Å². The minimum atomic E-state index is -0.247. The summed E-state index contributed by atoms with van der Waals surface area (Å²) >= 11 is 0. The van der Waals surface area contributed by atoms with Gasteiger partial charge < -0.3 is 9.80 Å². The van der Waals surface area contributed by atoms with Gasteiger partial charge in [0.05, 0.1) is 24.7 Å². The van der Waals surface area contributed by atoms with Crippen LogP contribution in [0.2, 0.25) is 0 Å². The number of amides is 4. The van der Waals surface area contributed by atoms with Crippen LogP contribution in [0.3, 0.4) is 0 Å². The molecule has 2 rings (SSSR count). The van der Waals surface area contributed by atoms with Crippen molar-refractivity contribution in [1.82, 2.24) is 19.6 Å². The molecule has 2 fully saturated rings. The molecule has 0 saturated carbocycles. The maximum atomic E-state index is 13.0. The topological polar surface area (TPSA) is 83.3 Å². The highest BCUT2D eigenvalue weighted by molar-refractivity contribution is 6.07. The van der Waals surface area contributed by atoms with Gasteiger partial charge in [0.1, 0.15) is 11.7 Å². The van der Waals surface area contributed by atoms with E-state index in [0.717, 1.165) is 12.3 Å².